The number of carbonyl (C=O) groups excluding carboxylic acids is 1. The molecule has 0 aliphatic rings. The van der Waals surface area contributed by atoms with E-state index >= 15 is 0 Å². The van der Waals surface area contributed by atoms with Crippen LogP contribution in [0.4, 0.5) is 9.80 Å². The Balaban J connectivity index is 1.62. The van der Waals surface area contributed by atoms with Gasteiger partial charge in [-0.1, -0.05) is 0 Å². The van der Waals surface area contributed by atoms with E-state index in [1.807, 2.05) is 41.8 Å². The maximum atomic E-state index is 12.0. The van der Waals surface area contributed by atoms with Crippen LogP contribution in [0.15, 0.2) is 58.7 Å². The summed E-state index contributed by atoms with van der Waals surface area (Å²) in [4.78, 5) is 23.8. The van der Waals surface area contributed by atoms with Gasteiger partial charge in [0.1, 0.15) is 5.75 Å². The summed E-state index contributed by atoms with van der Waals surface area (Å²) in [7, 11) is 1.61. The number of hydrogen-bond acceptors (Lipinski definition) is 5. The van der Waals surface area contributed by atoms with Crippen molar-refractivity contribution in [2.24, 2.45) is 0 Å². The highest BCUT2D eigenvalue weighted by atomic mass is 32.1. The van der Waals surface area contributed by atoms with Gasteiger partial charge in [-0.2, -0.15) is 5.10 Å². The molecule has 0 saturated carbocycles. The number of rotatable bonds is 6. The Morgan fingerprint density at radius 3 is 2.69 bits per heavy atom. The number of anilines is 1. The number of nitrogens with one attached hydrogen (secondary N) is 2. The third kappa shape index (κ3) is 4.48. The largest absolute Gasteiger partial charge is 0.497 e. The number of benzene rings is 1. The minimum Gasteiger partial charge on any atom is -0.497 e. The number of thiophene rings is 1. The van der Waals surface area contributed by atoms with Gasteiger partial charge in [0.05, 0.1) is 24.3 Å². The molecule has 3 aromatic rings. The highest BCUT2D eigenvalue weighted by Crippen LogP contribution is 2.19. The number of ether oxygens (including phenoxy) is 1. The van der Waals surface area contributed by atoms with E-state index in [9.17, 15) is 9.59 Å². The number of carbonyl (C=O) groups is 1. The number of aromatic nitrogens is 2. The molecule has 2 N–H and O–H groups in total. The van der Waals surface area contributed by atoms with Crippen molar-refractivity contribution >= 4 is 22.4 Å². The van der Waals surface area contributed by atoms with Gasteiger partial charge in [0.2, 0.25) is 0 Å². The summed E-state index contributed by atoms with van der Waals surface area (Å²) in [5.74, 6) is 0.753. The molecule has 3 rings (SSSR count). The Hall–Kier alpha value is -3.13. The number of urea groups is 1. The zero-order valence-electron chi connectivity index (χ0n) is 14.1. The van der Waals surface area contributed by atoms with Gasteiger partial charge < -0.3 is 10.1 Å². The summed E-state index contributed by atoms with van der Waals surface area (Å²) >= 11 is 1.44. The molecule has 2 amide bonds. The van der Waals surface area contributed by atoms with Crippen molar-refractivity contribution in [2.45, 2.75) is 6.54 Å². The molecule has 0 atom stereocenters. The summed E-state index contributed by atoms with van der Waals surface area (Å²) in [6, 6.07) is 13.9. The lowest BCUT2D eigenvalue weighted by Crippen LogP contribution is -2.34. The molecule has 8 heteroatoms. The molecule has 0 aliphatic heterocycles. The van der Waals surface area contributed by atoms with E-state index in [1.165, 1.54) is 22.1 Å². The highest BCUT2D eigenvalue weighted by Gasteiger charge is 2.06. The van der Waals surface area contributed by atoms with E-state index in [1.54, 1.807) is 13.2 Å². The molecule has 134 valence electrons. The molecular formula is C18H18N4O3S. The Morgan fingerprint density at radius 2 is 2.00 bits per heavy atom. The van der Waals surface area contributed by atoms with Gasteiger partial charge in [0.15, 0.2) is 0 Å². The molecule has 7 nitrogen and oxygen atoms in total. The topological polar surface area (TPSA) is 85.2 Å². The molecule has 0 aliphatic carbocycles. The summed E-state index contributed by atoms with van der Waals surface area (Å²) in [6.45, 7) is 0.566. The molecule has 0 fully saturated rings. The average Bonchev–Trinajstić information content (AvgIpc) is 3.16. The van der Waals surface area contributed by atoms with E-state index in [0.29, 0.717) is 5.69 Å². The number of methoxy groups -OCH3 is 1. The molecule has 2 aromatic heterocycles. The number of nitrogens with zero attached hydrogens (tertiary/aromatic N) is 2. The van der Waals surface area contributed by atoms with Crippen molar-refractivity contribution in [3.63, 3.8) is 0 Å². The fourth-order valence-electron chi connectivity index (χ4n) is 2.31. The van der Waals surface area contributed by atoms with Crippen LogP contribution in [-0.2, 0) is 6.54 Å². The third-order valence-corrected chi connectivity index (χ3v) is 4.40. The third-order valence-electron chi connectivity index (χ3n) is 3.62. The minimum absolute atomic E-state index is 0.220. The van der Waals surface area contributed by atoms with Crippen molar-refractivity contribution < 1.29 is 9.53 Å². The molecule has 26 heavy (non-hydrogen) atoms. The van der Waals surface area contributed by atoms with Crippen LogP contribution in [0.5, 0.6) is 5.75 Å². The first-order valence-electron chi connectivity index (χ1n) is 7.96. The van der Waals surface area contributed by atoms with Gasteiger partial charge in [-0.05, 0) is 47.8 Å². The van der Waals surface area contributed by atoms with Crippen molar-refractivity contribution in [2.75, 3.05) is 19.0 Å². The van der Waals surface area contributed by atoms with Crippen LogP contribution in [0, 0.1) is 0 Å². The first kappa shape index (κ1) is 17.7. The predicted octanol–water partition coefficient (Wildman–Crippen LogP) is 2.80. The molecule has 0 bridgehead atoms. The maximum Gasteiger partial charge on any atom is 0.319 e. The molecule has 0 saturated heterocycles. The van der Waals surface area contributed by atoms with Gasteiger partial charge in [-0.25, -0.2) is 9.48 Å². The second-order valence-corrected chi connectivity index (χ2v) is 6.31. The van der Waals surface area contributed by atoms with E-state index in [4.69, 9.17) is 4.74 Å². The number of hydrogen-bond donors (Lipinski definition) is 2. The van der Waals surface area contributed by atoms with Crippen molar-refractivity contribution in [3.8, 4) is 17.0 Å². The molecule has 1 aromatic carbocycles. The fraction of sp³-hybridized carbons (Fsp3) is 0.167. The van der Waals surface area contributed by atoms with Crippen LogP contribution >= 0.6 is 11.3 Å². The van der Waals surface area contributed by atoms with Crippen LogP contribution in [-0.4, -0.2) is 29.5 Å². The van der Waals surface area contributed by atoms with Crippen LogP contribution in [0.2, 0.25) is 0 Å². The Labute approximate surface area is 154 Å². The van der Waals surface area contributed by atoms with Crippen LogP contribution in [0.1, 0.15) is 0 Å². The monoisotopic (exact) mass is 370 g/mol. The van der Waals surface area contributed by atoms with E-state index in [2.05, 4.69) is 15.7 Å². The lowest BCUT2D eigenvalue weighted by Gasteiger charge is -2.09. The SMILES string of the molecule is COc1ccc(-c2ccc(=O)n(CCNC(=O)Nc3cccs3)n2)cc1. The average molecular weight is 370 g/mol. The lowest BCUT2D eigenvalue weighted by atomic mass is 10.1. The molecule has 2 heterocycles. The quantitative estimate of drug-likeness (QED) is 0.699. The van der Waals surface area contributed by atoms with E-state index in [0.717, 1.165) is 16.3 Å². The second kappa shape index (κ2) is 8.30. The first-order chi connectivity index (χ1) is 12.7. The van der Waals surface area contributed by atoms with E-state index < -0.39 is 0 Å². The second-order valence-electron chi connectivity index (χ2n) is 5.37. The van der Waals surface area contributed by atoms with Crippen molar-refractivity contribution in [1.82, 2.24) is 15.1 Å². The van der Waals surface area contributed by atoms with E-state index in [-0.39, 0.29) is 24.7 Å². The normalized spacial score (nSPS) is 10.3. The zero-order chi connectivity index (χ0) is 18.4. The molecule has 0 radical (unpaired) electrons. The van der Waals surface area contributed by atoms with Gasteiger partial charge in [-0.3, -0.25) is 10.1 Å². The van der Waals surface area contributed by atoms with Crippen molar-refractivity contribution in [1.29, 1.82) is 0 Å². The number of amides is 2. The smallest absolute Gasteiger partial charge is 0.319 e. The van der Waals surface area contributed by atoms with Gasteiger partial charge in [0, 0.05) is 18.2 Å². The lowest BCUT2D eigenvalue weighted by molar-refractivity contribution is 0.251. The van der Waals surface area contributed by atoms with Gasteiger partial charge in [-0.15, -0.1) is 11.3 Å². The first-order valence-corrected chi connectivity index (χ1v) is 8.84. The van der Waals surface area contributed by atoms with Gasteiger partial charge >= 0.3 is 6.03 Å². The van der Waals surface area contributed by atoms with Crippen LogP contribution < -0.4 is 20.9 Å². The highest BCUT2D eigenvalue weighted by molar-refractivity contribution is 7.14. The zero-order valence-corrected chi connectivity index (χ0v) is 15.0. The fourth-order valence-corrected chi connectivity index (χ4v) is 2.92. The summed E-state index contributed by atoms with van der Waals surface area (Å²) in [5, 5.41) is 12.4. The molecule has 0 unspecified atom stereocenters. The Kier molecular flexibility index (Phi) is 5.65. The Bertz CT molecular complexity index is 920. The van der Waals surface area contributed by atoms with Crippen LogP contribution in [0.3, 0.4) is 0 Å². The molecule has 0 spiro atoms. The Morgan fingerprint density at radius 1 is 1.19 bits per heavy atom. The van der Waals surface area contributed by atoms with Crippen LogP contribution in [0.25, 0.3) is 11.3 Å². The van der Waals surface area contributed by atoms with Crippen molar-refractivity contribution in [3.05, 3.63) is 64.3 Å². The van der Waals surface area contributed by atoms with Gasteiger partial charge in [0.25, 0.3) is 5.56 Å². The summed E-state index contributed by atoms with van der Waals surface area (Å²) in [6.07, 6.45) is 0. The standard InChI is InChI=1S/C18H18N4O3S/c1-25-14-6-4-13(5-7-14)15-8-9-17(23)22(21-15)11-10-19-18(24)20-16-3-2-12-26-16/h2-9,12H,10-11H2,1H3,(H2,19,20,24). The maximum absolute atomic E-state index is 12.0. The summed E-state index contributed by atoms with van der Waals surface area (Å²) < 4.78 is 6.48. The minimum atomic E-state index is -0.313. The molecular weight excluding hydrogens is 352 g/mol. The summed E-state index contributed by atoms with van der Waals surface area (Å²) in [5.41, 5.74) is 1.33. The predicted molar refractivity (Wildman–Crippen MR) is 102 cm³/mol.